The van der Waals surface area contributed by atoms with Crippen molar-refractivity contribution in [3.05, 3.63) is 76.9 Å². The van der Waals surface area contributed by atoms with Crippen molar-refractivity contribution in [1.82, 2.24) is 10.6 Å². The summed E-state index contributed by atoms with van der Waals surface area (Å²) in [5.74, 6) is -0.112. The highest BCUT2D eigenvalue weighted by atomic mass is 16.5. The molecule has 1 heterocycles. The van der Waals surface area contributed by atoms with Gasteiger partial charge in [-0.05, 0) is 60.7 Å². The zero-order chi connectivity index (χ0) is 22.5. The molecule has 1 aliphatic heterocycles. The van der Waals surface area contributed by atoms with Gasteiger partial charge in [0.2, 0.25) is 0 Å². The monoisotopic (exact) mass is 428 g/mol. The van der Waals surface area contributed by atoms with E-state index >= 15 is 0 Å². The number of amides is 3. The molecule has 1 saturated heterocycles. The number of Topliss-reactive ketones (excluding diaryl/α,β-unsaturated/α-hetero) is 1. The molecule has 0 spiro atoms. The number of imide groups is 1. The molecule has 3 aromatic carbocycles. The van der Waals surface area contributed by atoms with Crippen LogP contribution in [-0.4, -0.2) is 23.3 Å². The minimum absolute atomic E-state index is 0.0124. The second-order valence-corrected chi connectivity index (χ2v) is 8.96. The number of rotatable bonds is 5. The average molecular weight is 428 g/mol. The normalized spacial score (nSPS) is 22.1. The molecule has 0 radical (unpaired) electrons. The van der Waals surface area contributed by atoms with E-state index in [1.807, 2.05) is 24.3 Å². The SMILES string of the molecule is Cc1cc(COc2ccc3c(c2)C(=O)C(CC2(C)NC(=O)NC2=O)C3)c2ccccc2c1. The number of urea groups is 1. The Morgan fingerprint density at radius 1 is 1.06 bits per heavy atom. The van der Waals surface area contributed by atoms with Gasteiger partial charge in [0.1, 0.15) is 17.9 Å². The number of fused-ring (bicyclic) bond motifs is 2. The van der Waals surface area contributed by atoms with Crippen LogP contribution in [0.25, 0.3) is 10.8 Å². The highest BCUT2D eigenvalue weighted by Crippen LogP contribution is 2.35. The Kier molecular flexibility index (Phi) is 4.73. The third-order valence-corrected chi connectivity index (χ3v) is 6.44. The first-order valence-electron chi connectivity index (χ1n) is 10.7. The van der Waals surface area contributed by atoms with E-state index in [1.165, 1.54) is 10.9 Å². The van der Waals surface area contributed by atoms with Crippen LogP contribution in [0.15, 0.2) is 54.6 Å². The molecule has 1 fully saturated rings. The van der Waals surface area contributed by atoms with Crippen molar-refractivity contribution in [2.75, 3.05) is 0 Å². The van der Waals surface area contributed by atoms with Crippen LogP contribution in [0, 0.1) is 12.8 Å². The van der Waals surface area contributed by atoms with Gasteiger partial charge < -0.3 is 10.1 Å². The third-order valence-electron chi connectivity index (χ3n) is 6.44. The molecule has 0 aromatic heterocycles. The second-order valence-electron chi connectivity index (χ2n) is 8.96. The number of carbonyl (C=O) groups excluding carboxylic acids is 3. The fourth-order valence-electron chi connectivity index (χ4n) is 4.85. The molecule has 6 heteroatoms. The molecule has 0 saturated carbocycles. The molecule has 2 unspecified atom stereocenters. The van der Waals surface area contributed by atoms with E-state index in [0.717, 1.165) is 16.5 Å². The minimum Gasteiger partial charge on any atom is -0.489 e. The van der Waals surface area contributed by atoms with Gasteiger partial charge in [-0.15, -0.1) is 0 Å². The molecule has 0 bridgehead atoms. The third kappa shape index (κ3) is 3.51. The van der Waals surface area contributed by atoms with Gasteiger partial charge in [-0.2, -0.15) is 0 Å². The van der Waals surface area contributed by atoms with Crippen molar-refractivity contribution in [3.8, 4) is 5.75 Å². The Morgan fingerprint density at radius 3 is 2.66 bits per heavy atom. The lowest BCUT2D eigenvalue weighted by atomic mass is 9.87. The lowest BCUT2D eigenvalue weighted by molar-refractivity contribution is -0.123. The Labute approximate surface area is 186 Å². The maximum atomic E-state index is 13.1. The lowest BCUT2D eigenvalue weighted by Gasteiger charge is -2.23. The Bertz CT molecular complexity index is 1280. The highest BCUT2D eigenvalue weighted by molar-refractivity contribution is 6.08. The van der Waals surface area contributed by atoms with Gasteiger partial charge in [0.15, 0.2) is 5.78 Å². The number of ether oxygens (including phenoxy) is 1. The van der Waals surface area contributed by atoms with Crippen LogP contribution < -0.4 is 15.4 Å². The predicted molar refractivity (Wildman–Crippen MR) is 121 cm³/mol. The van der Waals surface area contributed by atoms with Crippen molar-refractivity contribution < 1.29 is 19.1 Å². The summed E-state index contributed by atoms with van der Waals surface area (Å²) in [6.45, 7) is 4.13. The fraction of sp³-hybridized carbons (Fsp3) is 0.269. The van der Waals surface area contributed by atoms with Crippen LogP contribution in [0.1, 0.15) is 40.4 Å². The summed E-state index contributed by atoms with van der Waals surface area (Å²) < 4.78 is 6.08. The minimum atomic E-state index is -1.06. The molecule has 5 rings (SSSR count). The molecule has 2 N–H and O–H groups in total. The molecule has 2 aliphatic rings. The molecule has 3 amide bonds. The summed E-state index contributed by atoms with van der Waals surface area (Å²) >= 11 is 0. The summed E-state index contributed by atoms with van der Waals surface area (Å²) in [5.41, 5.74) is 2.79. The maximum Gasteiger partial charge on any atom is 0.322 e. The lowest BCUT2D eigenvalue weighted by Crippen LogP contribution is -2.46. The van der Waals surface area contributed by atoms with Crippen LogP contribution >= 0.6 is 0 Å². The number of hydrogen-bond acceptors (Lipinski definition) is 4. The number of nitrogens with one attached hydrogen (secondary N) is 2. The first-order valence-corrected chi connectivity index (χ1v) is 10.7. The van der Waals surface area contributed by atoms with E-state index in [4.69, 9.17) is 4.74 Å². The standard InChI is InChI=1S/C26H24N2O4/c1-15-9-16-5-3-4-6-21(16)19(10-15)14-32-20-8-7-17-11-18(23(29)22(17)12-20)13-26(2)24(30)27-25(31)28-26/h3-10,12,18H,11,13-14H2,1-2H3,(H2,27,28,30,31). The predicted octanol–water partition coefficient (Wildman–Crippen LogP) is 4.07. The fourth-order valence-corrected chi connectivity index (χ4v) is 4.85. The molecule has 3 aromatic rings. The Morgan fingerprint density at radius 2 is 1.88 bits per heavy atom. The zero-order valence-corrected chi connectivity index (χ0v) is 18.0. The van der Waals surface area contributed by atoms with Gasteiger partial charge in [0, 0.05) is 11.5 Å². The van der Waals surface area contributed by atoms with Gasteiger partial charge in [0.05, 0.1) is 0 Å². The van der Waals surface area contributed by atoms with Crippen molar-refractivity contribution >= 4 is 28.5 Å². The maximum absolute atomic E-state index is 13.1. The van der Waals surface area contributed by atoms with Gasteiger partial charge in [-0.1, -0.05) is 48.0 Å². The number of hydrogen-bond donors (Lipinski definition) is 2. The molecule has 2 atom stereocenters. The van der Waals surface area contributed by atoms with Gasteiger partial charge >= 0.3 is 6.03 Å². The molecule has 6 nitrogen and oxygen atoms in total. The first-order chi connectivity index (χ1) is 15.3. The van der Waals surface area contributed by atoms with Gasteiger partial charge in [-0.3, -0.25) is 14.9 Å². The molecule has 32 heavy (non-hydrogen) atoms. The largest absolute Gasteiger partial charge is 0.489 e. The smallest absolute Gasteiger partial charge is 0.322 e. The molecule has 1 aliphatic carbocycles. The number of aryl methyl sites for hydroxylation is 1. The molecular weight excluding hydrogens is 404 g/mol. The number of carbonyl (C=O) groups is 3. The number of benzene rings is 3. The zero-order valence-electron chi connectivity index (χ0n) is 18.0. The van der Waals surface area contributed by atoms with Crippen molar-refractivity contribution in [2.45, 2.75) is 38.8 Å². The van der Waals surface area contributed by atoms with Crippen molar-refractivity contribution in [1.29, 1.82) is 0 Å². The van der Waals surface area contributed by atoms with Crippen LogP contribution in [0.5, 0.6) is 5.75 Å². The summed E-state index contributed by atoms with van der Waals surface area (Å²) in [5, 5.41) is 7.23. The van der Waals surface area contributed by atoms with Crippen LogP contribution in [0.3, 0.4) is 0 Å². The van der Waals surface area contributed by atoms with E-state index in [1.54, 1.807) is 13.0 Å². The topological polar surface area (TPSA) is 84.5 Å². The quantitative estimate of drug-likeness (QED) is 0.600. The van der Waals surface area contributed by atoms with E-state index in [9.17, 15) is 14.4 Å². The summed E-state index contributed by atoms with van der Waals surface area (Å²) in [4.78, 5) is 36.7. The summed E-state index contributed by atoms with van der Waals surface area (Å²) in [6, 6.07) is 17.6. The average Bonchev–Trinajstić information content (AvgIpc) is 3.20. The van der Waals surface area contributed by atoms with Crippen molar-refractivity contribution in [2.24, 2.45) is 5.92 Å². The number of ketones is 1. The van der Waals surface area contributed by atoms with E-state index < -0.39 is 11.6 Å². The van der Waals surface area contributed by atoms with Crippen molar-refractivity contribution in [3.63, 3.8) is 0 Å². The van der Waals surface area contributed by atoms with Crippen LogP contribution in [-0.2, 0) is 17.8 Å². The summed E-state index contributed by atoms with van der Waals surface area (Å²) in [6.07, 6.45) is 0.819. The highest BCUT2D eigenvalue weighted by Gasteiger charge is 2.46. The van der Waals surface area contributed by atoms with E-state index in [0.29, 0.717) is 24.3 Å². The van der Waals surface area contributed by atoms with Crippen LogP contribution in [0.2, 0.25) is 0 Å². The van der Waals surface area contributed by atoms with E-state index in [-0.39, 0.29) is 24.0 Å². The molecular formula is C26H24N2O4. The Hall–Kier alpha value is -3.67. The van der Waals surface area contributed by atoms with Gasteiger partial charge in [0.25, 0.3) is 5.91 Å². The molecule has 162 valence electrons. The van der Waals surface area contributed by atoms with Crippen LogP contribution in [0.4, 0.5) is 4.79 Å². The first kappa shape index (κ1) is 20.2. The second kappa shape index (κ2) is 7.48. The Balaban J connectivity index is 1.33. The van der Waals surface area contributed by atoms with Gasteiger partial charge in [-0.25, -0.2) is 4.79 Å². The van der Waals surface area contributed by atoms with E-state index in [2.05, 4.69) is 41.8 Å². The summed E-state index contributed by atoms with van der Waals surface area (Å²) in [7, 11) is 0.